The largest absolute Gasteiger partial charge is 0.481 e. The van der Waals surface area contributed by atoms with Gasteiger partial charge in [0.2, 0.25) is 5.88 Å². The van der Waals surface area contributed by atoms with Crippen molar-refractivity contribution in [3.8, 4) is 5.88 Å². The summed E-state index contributed by atoms with van der Waals surface area (Å²) in [6, 6.07) is 13.3. The highest BCUT2D eigenvalue weighted by Gasteiger charge is 2.13. The summed E-state index contributed by atoms with van der Waals surface area (Å²) >= 11 is 0. The van der Waals surface area contributed by atoms with Gasteiger partial charge in [0.15, 0.2) is 0 Å². The Bertz CT molecular complexity index is 880. The minimum absolute atomic E-state index is 0.154. The molecule has 124 valence electrons. The number of hydrogen-bond donors (Lipinski definition) is 1. The Labute approximate surface area is 141 Å². The summed E-state index contributed by atoms with van der Waals surface area (Å²) in [6.45, 7) is 4.29. The first-order chi connectivity index (χ1) is 11.5. The molecule has 1 heterocycles. The molecule has 3 rings (SSSR count). The van der Waals surface area contributed by atoms with Crippen molar-refractivity contribution in [3.05, 3.63) is 53.6 Å². The van der Waals surface area contributed by atoms with Gasteiger partial charge in [-0.2, -0.15) is 5.10 Å². The molecule has 0 saturated heterocycles. The average Bonchev–Trinajstić information content (AvgIpc) is 2.89. The maximum Gasteiger partial charge on any atom is 0.255 e. The van der Waals surface area contributed by atoms with Gasteiger partial charge in [-0.25, -0.2) is 4.68 Å². The molecule has 0 radical (unpaired) electrons. The van der Waals surface area contributed by atoms with E-state index in [1.54, 1.807) is 23.9 Å². The topological polar surface area (TPSA) is 56.1 Å². The molecule has 0 saturated carbocycles. The quantitative estimate of drug-likeness (QED) is 0.791. The van der Waals surface area contributed by atoms with Crippen LogP contribution < -0.4 is 10.1 Å². The van der Waals surface area contributed by atoms with E-state index in [4.69, 9.17) is 4.74 Å². The fraction of sp³-hybridized carbons (Fsp3) is 0.263. The number of carbonyl (C=O) groups is 1. The highest BCUT2D eigenvalue weighted by molar-refractivity contribution is 6.06. The number of aryl methyl sites for hydroxylation is 1. The van der Waals surface area contributed by atoms with E-state index in [-0.39, 0.29) is 5.91 Å². The number of rotatable bonds is 4. The molecule has 0 aliphatic heterocycles. The summed E-state index contributed by atoms with van der Waals surface area (Å²) < 4.78 is 6.99. The Morgan fingerprint density at radius 1 is 1.17 bits per heavy atom. The van der Waals surface area contributed by atoms with Gasteiger partial charge in [-0.05, 0) is 41.8 Å². The third kappa shape index (κ3) is 2.97. The maximum atomic E-state index is 12.5. The molecule has 0 fully saturated rings. The average molecular weight is 323 g/mol. The van der Waals surface area contributed by atoms with Gasteiger partial charge in [-0.15, -0.1) is 0 Å². The van der Waals surface area contributed by atoms with E-state index >= 15 is 0 Å². The second-order valence-corrected chi connectivity index (χ2v) is 6.10. The van der Waals surface area contributed by atoms with Gasteiger partial charge in [-0.3, -0.25) is 4.79 Å². The van der Waals surface area contributed by atoms with E-state index < -0.39 is 0 Å². The summed E-state index contributed by atoms with van der Waals surface area (Å²) in [4.78, 5) is 12.5. The molecule has 5 nitrogen and oxygen atoms in total. The van der Waals surface area contributed by atoms with E-state index in [9.17, 15) is 4.79 Å². The van der Waals surface area contributed by atoms with E-state index in [0.717, 1.165) is 16.6 Å². The molecule has 0 bridgehead atoms. The molecule has 0 atom stereocenters. The molecule has 0 unspecified atom stereocenters. The van der Waals surface area contributed by atoms with Crippen LogP contribution in [0.1, 0.15) is 35.7 Å². The fourth-order valence-electron chi connectivity index (χ4n) is 2.71. The smallest absolute Gasteiger partial charge is 0.255 e. The number of fused-ring (bicyclic) bond motifs is 1. The Kier molecular flexibility index (Phi) is 4.25. The lowest BCUT2D eigenvalue weighted by atomic mass is 10.0. The number of hydrogen-bond acceptors (Lipinski definition) is 3. The second kappa shape index (κ2) is 6.35. The Morgan fingerprint density at radius 2 is 1.88 bits per heavy atom. The molecule has 3 aromatic rings. The fourth-order valence-corrected chi connectivity index (χ4v) is 2.71. The molecule has 1 aromatic heterocycles. The first-order valence-corrected chi connectivity index (χ1v) is 7.91. The summed E-state index contributed by atoms with van der Waals surface area (Å²) in [5, 5.41) is 8.18. The summed E-state index contributed by atoms with van der Waals surface area (Å²) in [5.74, 6) is 0.997. The molecule has 0 aliphatic rings. The molecular weight excluding hydrogens is 302 g/mol. The Hall–Kier alpha value is -2.82. The van der Waals surface area contributed by atoms with Crippen LogP contribution in [0.5, 0.6) is 5.88 Å². The van der Waals surface area contributed by atoms with Crippen molar-refractivity contribution in [2.45, 2.75) is 19.8 Å². The lowest BCUT2D eigenvalue weighted by Gasteiger charge is -2.08. The summed E-state index contributed by atoms with van der Waals surface area (Å²) in [6.07, 6.45) is 0. The minimum Gasteiger partial charge on any atom is -0.481 e. The highest BCUT2D eigenvalue weighted by Crippen LogP contribution is 2.25. The SMILES string of the molecule is COc1c2ccc(C(=O)Nc3ccc(C(C)C)cc3)cc2nn1C. The van der Waals surface area contributed by atoms with Gasteiger partial charge in [0.25, 0.3) is 5.91 Å². The predicted molar refractivity (Wildman–Crippen MR) is 95.8 cm³/mol. The van der Waals surface area contributed by atoms with Crippen molar-refractivity contribution < 1.29 is 9.53 Å². The standard InChI is InChI=1S/C19H21N3O2/c1-12(2)13-5-8-15(9-6-13)20-18(23)14-7-10-16-17(11-14)21-22(3)19(16)24-4/h5-12H,1-4H3,(H,20,23). The normalized spacial score (nSPS) is 11.0. The van der Waals surface area contributed by atoms with E-state index in [1.807, 2.05) is 37.4 Å². The highest BCUT2D eigenvalue weighted by atomic mass is 16.5. The zero-order valence-electron chi connectivity index (χ0n) is 14.3. The van der Waals surface area contributed by atoms with Gasteiger partial charge in [0.05, 0.1) is 18.0 Å². The molecule has 5 heteroatoms. The molecule has 1 N–H and O–H groups in total. The number of carbonyl (C=O) groups excluding carboxylic acids is 1. The molecular formula is C19H21N3O2. The molecule has 2 aromatic carbocycles. The lowest BCUT2D eigenvalue weighted by Crippen LogP contribution is -2.11. The van der Waals surface area contributed by atoms with Crippen LogP contribution in [-0.4, -0.2) is 22.8 Å². The van der Waals surface area contributed by atoms with Crippen LogP contribution in [-0.2, 0) is 7.05 Å². The maximum absolute atomic E-state index is 12.5. The van der Waals surface area contributed by atoms with Crippen molar-refractivity contribution in [2.24, 2.45) is 7.05 Å². The van der Waals surface area contributed by atoms with Crippen LogP contribution in [0.2, 0.25) is 0 Å². The molecule has 0 aliphatic carbocycles. The van der Waals surface area contributed by atoms with Crippen molar-refractivity contribution in [1.82, 2.24) is 9.78 Å². The number of nitrogens with zero attached hydrogens (tertiary/aromatic N) is 2. The first kappa shape index (κ1) is 16.1. The number of ether oxygens (including phenoxy) is 1. The van der Waals surface area contributed by atoms with Gasteiger partial charge in [0.1, 0.15) is 0 Å². The number of anilines is 1. The van der Waals surface area contributed by atoms with Crippen LogP contribution in [0.3, 0.4) is 0 Å². The molecule has 0 spiro atoms. The first-order valence-electron chi connectivity index (χ1n) is 7.91. The van der Waals surface area contributed by atoms with Crippen LogP contribution in [0.15, 0.2) is 42.5 Å². The summed E-state index contributed by atoms with van der Waals surface area (Å²) in [5.41, 5.74) is 3.33. The second-order valence-electron chi connectivity index (χ2n) is 6.10. The zero-order valence-corrected chi connectivity index (χ0v) is 14.3. The van der Waals surface area contributed by atoms with E-state index in [1.165, 1.54) is 5.56 Å². The molecule has 24 heavy (non-hydrogen) atoms. The van der Waals surface area contributed by atoms with Crippen LogP contribution in [0.25, 0.3) is 10.9 Å². The van der Waals surface area contributed by atoms with Gasteiger partial charge in [-0.1, -0.05) is 26.0 Å². The van der Waals surface area contributed by atoms with Gasteiger partial charge in [0, 0.05) is 18.3 Å². The number of benzene rings is 2. The predicted octanol–water partition coefficient (Wildman–Crippen LogP) is 3.96. The summed E-state index contributed by atoms with van der Waals surface area (Å²) in [7, 11) is 3.42. The van der Waals surface area contributed by atoms with Gasteiger partial charge < -0.3 is 10.1 Å². The van der Waals surface area contributed by atoms with Crippen molar-refractivity contribution in [3.63, 3.8) is 0 Å². The van der Waals surface area contributed by atoms with E-state index in [2.05, 4.69) is 24.3 Å². The Morgan fingerprint density at radius 3 is 2.50 bits per heavy atom. The minimum atomic E-state index is -0.154. The van der Waals surface area contributed by atoms with Crippen molar-refractivity contribution in [2.75, 3.05) is 12.4 Å². The van der Waals surface area contributed by atoms with Crippen LogP contribution >= 0.6 is 0 Å². The third-order valence-electron chi connectivity index (χ3n) is 4.07. The Balaban J connectivity index is 1.83. The molecule has 1 amide bonds. The number of methoxy groups -OCH3 is 1. The van der Waals surface area contributed by atoms with Crippen LogP contribution in [0, 0.1) is 0 Å². The monoisotopic (exact) mass is 323 g/mol. The zero-order chi connectivity index (χ0) is 17.3. The van der Waals surface area contributed by atoms with Crippen molar-refractivity contribution in [1.29, 1.82) is 0 Å². The third-order valence-corrected chi connectivity index (χ3v) is 4.07. The van der Waals surface area contributed by atoms with Crippen molar-refractivity contribution >= 4 is 22.5 Å². The number of amides is 1. The van der Waals surface area contributed by atoms with E-state index in [0.29, 0.717) is 17.4 Å². The number of nitrogens with one attached hydrogen (secondary N) is 1. The number of aromatic nitrogens is 2. The lowest BCUT2D eigenvalue weighted by molar-refractivity contribution is 0.102. The van der Waals surface area contributed by atoms with Crippen LogP contribution in [0.4, 0.5) is 5.69 Å². The van der Waals surface area contributed by atoms with Gasteiger partial charge >= 0.3 is 0 Å².